The van der Waals surface area contributed by atoms with Crippen LogP contribution in [-0.4, -0.2) is 17.1 Å². The molecule has 1 aliphatic carbocycles. The monoisotopic (exact) mass is 286 g/mol. The Labute approximate surface area is 125 Å². The molecule has 0 radical (unpaired) electrons. The van der Waals surface area contributed by atoms with Gasteiger partial charge >= 0.3 is 0 Å². The number of rotatable bonds is 5. The fraction of sp³-hybridized carbons (Fsp3) is 0.471. The maximum Gasteiger partial charge on any atom is 0.231 e. The van der Waals surface area contributed by atoms with Gasteiger partial charge in [-0.1, -0.05) is 43.2 Å². The fourth-order valence-corrected chi connectivity index (χ4v) is 3.31. The number of oxazole rings is 1. The van der Waals surface area contributed by atoms with Crippen molar-refractivity contribution in [1.82, 2.24) is 10.3 Å². The Morgan fingerprint density at radius 3 is 2.67 bits per heavy atom. The second kappa shape index (κ2) is 6.00. The first kappa shape index (κ1) is 14.3. The Kier molecular flexibility index (Phi) is 4.08. The van der Waals surface area contributed by atoms with Crippen molar-refractivity contribution in [3.8, 4) is 0 Å². The van der Waals surface area contributed by atoms with Gasteiger partial charge in [-0.2, -0.15) is 0 Å². The Balaban J connectivity index is 2.02. The lowest BCUT2D eigenvalue weighted by atomic mass is 9.80. The van der Waals surface area contributed by atoms with E-state index < -0.39 is 5.60 Å². The number of nitrogens with one attached hydrogen (secondary N) is 1. The summed E-state index contributed by atoms with van der Waals surface area (Å²) < 4.78 is 5.83. The molecule has 0 bridgehead atoms. The van der Waals surface area contributed by atoms with Gasteiger partial charge in [0.05, 0.1) is 12.7 Å². The number of hydrogen-bond donors (Lipinski definition) is 2. The lowest BCUT2D eigenvalue weighted by molar-refractivity contribution is -0.00684. The fourth-order valence-electron chi connectivity index (χ4n) is 3.31. The van der Waals surface area contributed by atoms with Crippen LogP contribution in [0.3, 0.4) is 0 Å². The van der Waals surface area contributed by atoms with Crippen molar-refractivity contribution in [3.63, 3.8) is 0 Å². The van der Waals surface area contributed by atoms with Gasteiger partial charge < -0.3 is 14.8 Å². The molecular weight excluding hydrogens is 264 g/mol. The van der Waals surface area contributed by atoms with Crippen molar-refractivity contribution in [2.24, 2.45) is 5.92 Å². The molecule has 1 fully saturated rings. The van der Waals surface area contributed by atoms with Gasteiger partial charge in [-0.3, -0.25) is 0 Å². The lowest BCUT2D eigenvalue weighted by Crippen LogP contribution is -2.35. The summed E-state index contributed by atoms with van der Waals surface area (Å²) in [5.74, 6) is 1.34. The van der Waals surface area contributed by atoms with E-state index in [0.29, 0.717) is 12.4 Å². The molecular formula is C17H22N2O2. The maximum absolute atomic E-state index is 11.5. The molecule has 1 unspecified atom stereocenters. The highest BCUT2D eigenvalue weighted by Crippen LogP contribution is 2.44. The van der Waals surface area contributed by atoms with Gasteiger partial charge in [-0.25, -0.2) is 4.98 Å². The van der Waals surface area contributed by atoms with Crippen molar-refractivity contribution in [1.29, 1.82) is 0 Å². The Hall–Kier alpha value is -1.65. The normalized spacial score (nSPS) is 18.8. The molecule has 0 spiro atoms. The first-order valence-electron chi connectivity index (χ1n) is 7.63. The molecule has 1 aliphatic rings. The van der Waals surface area contributed by atoms with Crippen LogP contribution in [0, 0.1) is 5.92 Å². The van der Waals surface area contributed by atoms with E-state index >= 15 is 0 Å². The van der Waals surface area contributed by atoms with Crippen LogP contribution in [0.2, 0.25) is 0 Å². The maximum atomic E-state index is 11.5. The zero-order valence-corrected chi connectivity index (χ0v) is 12.4. The number of hydrogen-bond acceptors (Lipinski definition) is 4. The third-order valence-electron chi connectivity index (χ3n) is 4.39. The minimum absolute atomic E-state index is 0.168. The molecule has 0 amide bonds. The summed E-state index contributed by atoms with van der Waals surface area (Å²) >= 11 is 0. The average molecular weight is 286 g/mol. The van der Waals surface area contributed by atoms with Crippen LogP contribution < -0.4 is 5.32 Å². The number of nitrogens with zero attached hydrogens (tertiary/aromatic N) is 1. The van der Waals surface area contributed by atoms with E-state index in [0.717, 1.165) is 37.0 Å². The molecule has 0 saturated heterocycles. The van der Waals surface area contributed by atoms with E-state index in [1.165, 1.54) is 0 Å². The largest absolute Gasteiger partial charge is 0.441 e. The van der Waals surface area contributed by atoms with E-state index in [-0.39, 0.29) is 5.92 Å². The Bertz CT molecular complexity index is 575. The van der Waals surface area contributed by atoms with Gasteiger partial charge in [-0.05, 0) is 25.5 Å². The van der Waals surface area contributed by atoms with E-state index in [2.05, 4.69) is 10.3 Å². The summed E-state index contributed by atoms with van der Waals surface area (Å²) in [5.41, 5.74) is -0.251. The van der Waals surface area contributed by atoms with E-state index in [1.807, 2.05) is 37.4 Å². The number of aliphatic hydroxyl groups is 1. The first-order chi connectivity index (χ1) is 10.2. The highest BCUT2D eigenvalue weighted by Gasteiger charge is 2.45. The van der Waals surface area contributed by atoms with E-state index in [4.69, 9.17) is 4.42 Å². The molecule has 2 N–H and O–H groups in total. The zero-order chi connectivity index (χ0) is 14.7. The Morgan fingerprint density at radius 1 is 1.29 bits per heavy atom. The molecule has 3 rings (SSSR count). The highest BCUT2D eigenvalue weighted by atomic mass is 16.4. The molecule has 4 nitrogen and oxygen atoms in total. The molecule has 1 aromatic carbocycles. The quantitative estimate of drug-likeness (QED) is 0.887. The summed E-state index contributed by atoms with van der Waals surface area (Å²) in [6.45, 7) is 0.614. The van der Waals surface area contributed by atoms with Crippen molar-refractivity contribution in [2.45, 2.75) is 37.8 Å². The summed E-state index contributed by atoms with van der Waals surface area (Å²) in [5, 5.41) is 14.5. The average Bonchev–Trinajstić information content (AvgIpc) is 3.20. The van der Waals surface area contributed by atoms with Gasteiger partial charge in [0.2, 0.25) is 5.89 Å². The summed E-state index contributed by atoms with van der Waals surface area (Å²) in [6.07, 6.45) is 6.03. The molecule has 0 aliphatic heterocycles. The van der Waals surface area contributed by atoms with Gasteiger partial charge in [0.25, 0.3) is 0 Å². The van der Waals surface area contributed by atoms with Crippen molar-refractivity contribution in [2.75, 3.05) is 7.05 Å². The summed E-state index contributed by atoms with van der Waals surface area (Å²) in [7, 11) is 1.86. The number of benzene rings is 1. The van der Waals surface area contributed by atoms with E-state index in [9.17, 15) is 5.11 Å². The molecule has 1 saturated carbocycles. The highest BCUT2D eigenvalue weighted by molar-refractivity contribution is 5.30. The predicted octanol–water partition coefficient (Wildman–Crippen LogP) is 2.82. The van der Waals surface area contributed by atoms with Crippen LogP contribution in [0.1, 0.15) is 42.9 Å². The van der Waals surface area contributed by atoms with Gasteiger partial charge in [0.1, 0.15) is 5.76 Å². The van der Waals surface area contributed by atoms with Crippen LogP contribution in [-0.2, 0) is 12.1 Å². The zero-order valence-electron chi connectivity index (χ0n) is 12.4. The molecule has 1 atom stereocenters. The molecule has 1 heterocycles. The molecule has 21 heavy (non-hydrogen) atoms. The van der Waals surface area contributed by atoms with Crippen molar-refractivity contribution < 1.29 is 9.52 Å². The van der Waals surface area contributed by atoms with Crippen LogP contribution in [0.5, 0.6) is 0 Å². The van der Waals surface area contributed by atoms with Crippen molar-refractivity contribution in [3.05, 3.63) is 53.7 Å². The van der Waals surface area contributed by atoms with Crippen LogP contribution in [0.4, 0.5) is 0 Å². The molecule has 112 valence electrons. The smallest absolute Gasteiger partial charge is 0.231 e. The van der Waals surface area contributed by atoms with Crippen molar-refractivity contribution >= 4 is 0 Å². The second-order valence-corrected chi connectivity index (χ2v) is 5.78. The summed E-state index contributed by atoms with van der Waals surface area (Å²) in [6, 6.07) is 9.78. The number of aromatic nitrogens is 1. The molecule has 1 aromatic heterocycles. The van der Waals surface area contributed by atoms with Gasteiger partial charge in [0.15, 0.2) is 5.60 Å². The van der Waals surface area contributed by atoms with Crippen LogP contribution in [0.25, 0.3) is 0 Å². The topological polar surface area (TPSA) is 58.3 Å². The van der Waals surface area contributed by atoms with Gasteiger partial charge in [-0.15, -0.1) is 0 Å². The molecule has 4 heteroatoms. The third kappa shape index (κ3) is 2.61. The van der Waals surface area contributed by atoms with Crippen LogP contribution in [0.15, 0.2) is 40.9 Å². The summed E-state index contributed by atoms with van der Waals surface area (Å²) in [4.78, 5) is 4.37. The lowest BCUT2D eigenvalue weighted by Gasteiger charge is -2.31. The second-order valence-electron chi connectivity index (χ2n) is 5.78. The minimum atomic E-state index is -1.12. The van der Waals surface area contributed by atoms with E-state index in [1.54, 1.807) is 6.20 Å². The molecule has 2 aromatic rings. The Morgan fingerprint density at radius 2 is 2.00 bits per heavy atom. The minimum Gasteiger partial charge on any atom is -0.441 e. The van der Waals surface area contributed by atoms with Crippen LogP contribution >= 0.6 is 0 Å². The first-order valence-corrected chi connectivity index (χ1v) is 7.63. The standard InChI is InChI=1S/C17H22N2O2/c1-18-11-15-12-19-16(21-15)17(20,14-9-5-6-10-14)13-7-3-2-4-8-13/h2-4,7-8,12,14,18,20H,5-6,9-11H2,1H3. The predicted molar refractivity (Wildman–Crippen MR) is 80.7 cm³/mol. The van der Waals surface area contributed by atoms with Gasteiger partial charge in [0, 0.05) is 5.92 Å². The third-order valence-corrected chi connectivity index (χ3v) is 4.39. The SMILES string of the molecule is CNCc1cnc(C(O)(c2ccccc2)C2CCCC2)o1.